The number of hydrogen-bond acceptors (Lipinski definition) is 5. The fourth-order valence-electron chi connectivity index (χ4n) is 2.40. The lowest BCUT2D eigenvalue weighted by atomic mass is 10.1. The van der Waals surface area contributed by atoms with Crippen molar-refractivity contribution in [2.24, 2.45) is 16.5 Å². The molecule has 0 heterocycles. The van der Waals surface area contributed by atoms with Gasteiger partial charge in [0.1, 0.15) is 0 Å². The van der Waals surface area contributed by atoms with Crippen LogP contribution in [-0.2, 0) is 24.3 Å². The minimum absolute atomic E-state index is 0.285. The predicted molar refractivity (Wildman–Crippen MR) is 112 cm³/mol. The molecule has 6 heteroatoms. The van der Waals surface area contributed by atoms with Crippen molar-refractivity contribution in [3.63, 3.8) is 0 Å². The van der Waals surface area contributed by atoms with E-state index in [0.717, 1.165) is 22.3 Å². The molecule has 0 aliphatic heterocycles. The Kier molecular flexibility index (Phi) is 7.55. The van der Waals surface area contributed by atoms with Gasteiger partial charge in [0, 0.05) is 24.7 Å². The maximum absolute atomic E-state index is 12.3. The number of nitriles is 1. The number of carbonyl (C=O) groups excluding carboxylic acids is 1. The van der Waals surface area contributed by atoms with Crippen molar-refractivity contribution in [1.82, 2.24) is 5.32 Å². The molecule has 2 aromatic carbocycles. The lowest BCUT2D eigenvalue weighted by Gasteiger charge is -2.07. The smallest absolute Gasteiger partial charge is 0.254 e. The third kappa shape index (κ3) is 6.15. The topological polar surface area (TPSA) is 117 Å². The van der Waals surface area contributed by atoms with E-state index in [1.54, 1.807) is 0 Å². The van der Waals surface area contributed by atoms with Crippen molar-refractivity contribution >= 4 is 17.8 Å². The van der Waals surface area contributed by atoms with Crippen LogP contribution < -0.4 is 16.8 Å². The summed E-state index contributed by atoms with van der Waals surface area (Å²) in [5.41, 5.74) is 15.7. The number of nitrogens with one attached hydrogen (secondary N) is 1. The Balaban J connectivity index is 1.87. The summed E-state index contributed by atoms with van der Waals surface area (Å²) in [6.07, 6.45) is 3.07. The molecule has 0 aromatic heterocycles. The molecule has 0 atom stereocenters. The highest BCUT2D eigenvalue weighted by Gasteiger charge is 2.06. The van der Waals surface area contributed by atoms with E-state index in [9.17, 15) is 4.79 Å². The van der Waals surface area contributed by atoms with Crippen molar-refractivity contribution in [1.29, 1.82) is 5.26 Å². The monoisotopic (exact) mass is 373 g/mol. The van der Waals surface area contributed by atoms with Crippen molar-refractivity contribution in [3.8, 4) is 6.07 Å². The predicted octanol–water partition coefficient (Wildman–Crippen LogP) is 2.41. The fourth-order valence-corrected chi connectivity index (χ4v) is 2.40. The number of hydrogen-bond donors (Lipinski definition) is 3. The molecule has 0 spiro atoms. The number of nitrogens with two attached hydrogens (primary N) is 2. The summed E-state index contributed by atoms with van der Waals surface area (Å²) in [6.45, 7) is 4.47. The molecule has 2 rings (SSSR count). The first-order valence-electron chi connectivity index (χ1n) is 8.72. The summed E-state index contributed by atoms with van der Waals surface area (Å²) in [4.78, 5) is 16.5. The Labute approximate surface area is 164 Å². The molecule has 0 fully saturated rings. The third-order valence-electron chi connectivity index (χ3n) is 4.03. The van der Waals surface area contributed by atoms with Gasteiger partial charge in [0.2, 0.25) is 0 Å². The molecule has 0 aliphatic carbocycles. The Hall–Kier alpha value is -3.85. The van der Waals surface area contributed by atoms with Gasteiger partial charge < -0.3 is 16.8 Å². The zero-order chi connectivity index (χ0) is 20.4. The molecule has 5 N–H and O–H groups in total. The van der Waals surface area contributed by atoms with E-state index in [-0.39, 0.29) is 11.5 Å². The van der Waals surface area contributed by atoms with E-state index >= 15 is 0 Å². The van der Waals surface area contributed by atoms with E-state index in [1.165, 1.54) is 12.4 Å². The largest absolute Gasteiger partial charge is 0.404 e. The van der Waals surface area contributed by atoms with E-state index in [1.807, 2.05) is 48.5 Å². The minimum Gasteiger partial charge on any atom is -0.404 e. The van der Waals surface area contributed by atoms with Crippen LogP contribution in [0, 0.1) is 11.3 Å². The summed E-state index contributed by atoms with van der Waals surface area (Å²) in [5.74, 6) is -0.303. The highest BCUT2D eigenvalue weighted by atomic mass is 16.1. The summed E-state index contributed by atoms with van der Waals surface area (Å²) >= 11 is 0. The minimum atomic E-state index is -0.303. The molecule has 1 amide bonds. The number of nitrogens with zero attached hydrogens (tertiary/aromatic N) is 2. The van der Waals surface area contributed by atoms with Gasteiger partial charge in [-0.25, -0.2) is 0 Å². The maximum atomic E-state index is 12.3. The van der Waals surface area contributed by atoms with E-state index in [0.29, 0.717) is 25.2 Å². The summed E-state index contributed by atoms with van der Waals surface area (Å²) in [6, 6.07) is 17.2. The molecule has 28 heavy (non-hydrogen) atoms. The maximum Gasteiger partial charge on any atom is 0.254 e. The second-order valence-electron chi connectivity index (χ2n) is 6.15. The van der Waals surface area contributed by atoms with E-state index in [4.69, 9.17) is 16.7 Å². The van der Waals surface area contributed by atoms with Gasteiger partial charge in [-0.05, 0) is 22.3 Å². The second-order valence-corrected chi connectivity index (χ2v) is 6.15. The highest BCUT2D eigenvalue weighted by molar-refractivity contribution is 6.11. The van der Waals surface area contributed by atoms with E-state index in [2.05, 4.69) is 23.0 Å². The van der Waals surface area contributed by atoms with Crippen LogP contribution in [0.3, 0.4) is 0 Å². The van der Waals surface area contributed by atoms with Crippen molar-refractivity contribution < 1.29 is 4.79 Å². The van der Waals surface area contributed by atoms with Crippen LogP contribution in [-0.4, -0.2) is 12.1 Å². The van der Waals surface area contributed by atoms with Crippen LogP contribution in [0.25, 0.3) is 5.70 Å². The molecule has 0 bridgehead atoms. The Morgan fingerprint density at radius 3 is 2.29 bits per heavy atom. The van der Waals surface area contributed by atoms with Gasteiger partial charge in [0.05, 0.1) is 24.6 Å². The molecule has 0 unspecified atom stereocenters. The Morgan fingerprint density at radius 2 is 1.71 bits per heavy atom. The van der Waals surface area contributed by atoms with Gasteiger partial charge in [0.15, 0.2) is 0 Å². The second kappa shape index (κ2) is 10.3. The number of amides is 1. The zero-order valence-corrected chi connectivity index (χ0v) is 15.6. The third-order valence-corrected chi connectivity index (χ3v) is 4.03. The van der Waals surface area contributed by atoms with Crippen LogP contribution in [0.4, 0.5) is 0 Å². The van der Waals surface area contributed by atoms with Crippen LogP contribution >= 0.6 is 0 Å². The molecule has 6 nitrogen and oxygen atoms in total. The number of rotatable bonds is 8. The Morgan fingerprint density at radius 1 is 1.11 bits per heavy atom. The summed E-state index contributed by atoms with van der Waals surface area (Å²) < 4.78 is 0. The first-order chi connectivity index (χ1) is 13.5. The molecule has 2 aromatic rings. The summed E-state index contributed by atoms with van der Waals surface area (Å²) in [7, 11) is 0. The quantitative estimate of drug-likeness (QED) is 0.486. The van der Waals surface area contributed by atoms with Gasteiger partial charge in [-0.2, -0.15) is 5.26 Å². The lowest BCUT2D eigenvalue weighted by Crippen LogP contribution is -2.25. The van der Waals surface area contributed by atoms with Crippen LogP contribution in [0.1, 0.15) is 22.3 Å². The van der Waals surface area contributed by atoms with Gasteiger partial charge in [-0.15, -0.1) is 0 Å². The molecule has 0 saturated heterocycles. The average molecular weight is 373 g/mol. The van der Waals surface area contributed by atoms with Crippen LogP contribution in [0.15, 0.2) is 71.9 Å². The van der Waals surface area contributed by atoms with Crippen molar-refractivity contribution in [2.45, 2.75) is 19.5 Å². The molecule has 0 aliphatic rings. The Bertz CT molecular complexity index is 919. The number of carbonyl (C=O) groups is 1. The van der Waals surface area contributed by atoms with Crippen molar-refractivity contribution in [2.75, 3.05) is 0 Å². The SMILES string of the molecule is C=C(N)c1ccc(CNC(=O)/C(C=NCc2ccc(CC#N)cc2)=C/N)cc1. The van der Waals surface area contributed by atoms with Crippen LogP contribution in [0.5, 0.6) is 0 Å². The van der Waals surface area contributed by atoms with Gasteiger partial charge in [-0.1, -0.05) is 55.1 Å². The van der Waals surface area contributed by atoms with Gasteiger partial charge in [0.25, 0.3) is 5.91 Å². The molecule has 142 valence electrons. The first kappa shape index (κ1) is 20.5. The van der Waals surface area contributed by atoms with Gasteiger partial charge >= 0.3 is 0 Å². The zero-order valence-electron chi connectivity index (χ0n) is 15.6. The van der Waals surface area contributed by atoms with Crippen molar-refractivity contribution in [3.05, 3.63) is 89.1 Å². The first-order valence-corrected chi connectivity index (χ1v) is 8.72. The van der Waals surface area contributed by atoms with Gasteiger partial charge in [-0.3, -0.25) is 9.79 Å². The summed E-state index contributed by atoms with van der Waals surface area (Å²) in [5, 5.41) is 11.5. The molecular weight excluding hydrogens is 350 g/mol. The molecule has 0 saturated carbocycles. The number of aliphatic imine (C=N–C) groups is 1. The normalized spacial score (nSPS) is 11.2. The van der Waals surface area contributed by atoms with E-state index < -0.39 is 0 Å². The molecular formula is C22H23N5O. The standard InChI is InChI=1S/C22H23N5O/c1-16(25)20-8-6-19(7-9-20)14-27-22(28)21(12-24)15-26-13-18-4-2-17(3-5-18)10-11-23/h2-9,12,15H,1,10,13-14,24-25H2,(H,27,28)/b21-12+,26-15?. The molecule has 0 radical (unpaired) electrons. The van der Waals surface area contributed by atoms with Crippen LogP contribution in [0.2, 0.25) is 0 Å². The fraction of sp³-hybridized carbons (Fsp3) is 0.136. The number of benzene rings is 2. The highest BCUT2D eigenvalue weighted by Crippen LogP contribution is 2.09. The average Bonchev–Trinajstić information content (AvgIpc) is 2.71. The lowest BCUT2D eigenvalue weighted by molar-refractivity contribution is -0.117.